The van der Waals surface area contributed by atoms with Crippen LogP contribution >= 0.6 is 0 Å². The summed E-state index contributed by atoms with van der Waals surface area (Å²) in [7, 11) is 0. The molecule has 2 bridgehead atoms. The Morgan fingerprint density at radius 3 is 2.79 bits per heavy atom. The molecule has 1 unspecified atom stereocenters. The predicted octanol–water partition coefficient (Wildman–Crippen LogP) is 1.80. The first-order valence-electron chi connectivity index (χ1n) is 6.74. The molecule has 0 radical (unpaired) electrons. The fourth-order valence-electron chi connectivity index (χ4n) is 3.19. The maximum absolute atomic E-state index is 11.2. The highest BCUT2D eigenvalue weighted by Gasteiger charge is 2.35. The highest BCUT2D eigenvalue weighted by Crippen LogP contribution is 2.32. The van der Waals surface area contributed by atoms with E-state index in [0.717, 1.165) is 19.6 Å². The molecule has 3 saturated heterocycles. The zero-order valence-corrected chi connectivity index (χ0v) is 11.0. The van der Waals surface area contributed by atoms with Crippen LogP contribution in [0.2, 0.25) is 0 Å². The maximum atomic E-state index is 11.2. The summed E-state index contributed by atoms with van der Waals surface area (Å²) in [6, 6.07) is 1.97. The lowest BCUT2D eigenvalue weighted by Crippen LogP contribution is -2.53. The van der Waals surface area contributed by atoms with Crippen molar-refractivity contribution in [3.05, 3.63) is 27.9 Å². The van der Waals surface area contributed by atoms with Gasteiger partial charge in [0, 0.05) is 24.3 Å². The lowest BCUT2D eigenvalue weighted by Gasteiger charge is -2.45. The molecule has 102 valence electrons. The van der Waals surface area contributed by atoms with Crippen molar-refractivity contribution in [2.45, 2.75) is 25.8 Å². The van der Waals surface area contributed by atoms with Gasteiger partial charge in [0.2, 0.25) is 5.82 Å². The van der Waals surface area contributed by atoms with Gasteiger partial charge in [-0.05, 0) is 44.8 Å². The molecule has 4 rings (SSSR count). The van der Waals surface area contributed by atoms with Crippen LogP contribution in [0, 0.1) is 23.0 Å². The van der Waals surface area contributed by atoms with Gasteiger partial charge in [-0.15, -0.1) is 0 Å². The van der Waals surface area contributed by atoms with Gasteiger partial charge in [0.25, 0.3) is 0 Å². The average molecular weight is 262 g/mol. The van der Waals surface area contributed by atoms with Crippen molar-refractivity contribution in [2.24, 2.45) is 5.92 Å². The summed E-state index contributed by atoms with van der Waals surface area (Å²) in [5.74, 6) is 1.04. The Kier molecular flexibility index (Phi) is 3.10. The summed E-state index contributed by atoms with van der Waals surface area (Å²) in [5.41, 5.74) is 0.766. The van der Waals surface area contributed by atoms with Gasteiger partial charge in [-0.25, -0.2) is 4.98 Å². The standard InChI is InChI=1S/C13H18N4O2/c1-9-2-5-14-13(12(9)17(18)19)15-11-8-16-6-3-10(11)4-7-16/h2,5,10-11H,3-4,6-8H2,1H3,(H,14,15). The predicted molar refractivity (Wildman–Crippen MR) is 72.2 cm³/mol. The minimum absolute atomic E-state index is 0.110. The summed E-state index contributed by atoms with van der Waals surface area (Å²) < 4.78 is 0. The monoisotopic (exact) mass is 262 g/mol. The van der Waals surface area contributed by atoms with Gasteiger partial charge in [-0.1, -0.05) is 0 Å². The van der Waals surface area contributed by atoms with E-state index in [0.29, 0.717) is 17.3 Å². The second kappa shape index (κ2) is 4.77. The van der Waals surface area contributed by atoms with Gasteiger partial charge >= 0.3 is 5.69 Å². The summed E-state index contributed by atoms with van der Waals surface area (Å²) in [6.45, 7) is 5.04. The molecule has 3 aliphatic rings. The Hall–Kier alpha value is -1.69. The quantitative estimate of drug-likeness (QED) is 0.664. The number of aromatic nitrogens is 1. The van der Waals surface area contributed by atoms with Crippen molar-refractivity contribution >= 4 is 11.5 Å². The Labute approximate surface area is 112 Å². The van der Waals surface area contributed by atoms with Crippen LogP contribution in [-0.4, -0.2) is 40.5 Å². The van der Waals surface area contributed by atoms with Gasteiger partial charge in [0.05, 0.1) is 4.92 Å². The largest absolute Gasteiger partial charge is 0.360 e. The lowest BCUT2D eigenvalue weighted by molar-refractivity contribution is -0.384. The Morgan fingerprint density at radius 2 is 2.21 bits per heavy atom. The van der Waals surface area contributed by atoms with Crippen molar-refractivity contribution in [3.63, 3.8) is 0 Å². The number of rotatable bonds is 3. The molecule has 0 saturated carbocycles. The van der Waals surface area contributed by atoms with E-state index in [1.165, 1.54) is 12.8 Å². The van der Waals surface area contributed by atoms with Crippen LogP contribution in [0.5, 0.6) is 0 Å². The fraction of sp³-hybridized carbons (Fsp3) is 0.615. The average Bonchev–Trinajstić information content (AvgIpc) is 2.39. The topological polar surface area (TPSA) is 71.3 Å². The maximum Gasteiger partial charge on any atom is 0.314 e. The summed E-state index contributed by atoms with van der Waals surface area (Å²) in [6.07, 6.45) is 3.99. The van der Waals surface area contributed by atoms with E-state index in [1.54, 1.807) is 19.2 Å². The number of hydrogen-bond donors (Lipinski definition) is 1. The molecule has 3 aliphatic heterocycles. The van der Waals surface area contributed by atoms with E-state index in [9.17, 15) is 10.1 Å². The molecular formula is C13H18N4O2. The van der Waals surface area contributed by atoms with E-state index < -0.39 is 0 Å². The Bertz CT molecular complexity index is 497. The molecule has 0 spiro atoms. The molecule has 6 heteroatoms. The molecular weight excluding hydrogens is 244 g/mol. The van der Waals surface area contributed by atoms with Crippen LogP contribution in [-0.2, 0) is 0 Å². The molecule has 19 heavy (non-hydrogen) atoms. The molecule has 0 aliphatic carbocycles. The van der Waals surface area contributed by atoms with E-state index in [4.69, 9.17) is 0 Å². The van der Waals surface area contributed by atoms with Crippen molar-refractivity contribution in [3.8, 4) is 0 Å². The molecule has 1 atom stereocenters. The summed E-state index contributed by atoms with van der Waals surface area (Å²) in [4.78, 5) is 17.4. The number of nitro groups is 1. The number of anilines is 1. The Balaban J connectivity index is 1.84. The molecule has 1 N–H and O–H groups in total. The molecule has 1 aromatic rings. The highest BCUT2D eigenvalue weighted by atomic mass is 16.6. The second-order valence-corrected chi connectivity index (χ2v) is 5.47. The summed E-state index contributed by atoms with van der Waals surface area (Å²) >= 11 is 0. The SMILES string of the molecule is Cc1ccnc(NC2CN3CCC2CC3)c1[N+](=O)[O-]. The molecule has 0 amide bonds. The third-order valence-corrected chi connectivity index (χ3v) is 4.29. The first-order valence-corrected chi connectivity index (χ1v) is 6.74. The smallest absolute Gasteiger partial charge is 0.314 e. The number of fused-ring (bicyclic) bond motifs is 3. The molecule has 0 aromatic carbocycles. The van der Waals surface area contributed by atoms with Crippen LogP contribution in [0.15, 0.2) is 12.3 Å². The number of pyridine rings is 1. The van der Waals surface area contributed by atoms with Crippen LogP contribution < -0.4 is 5.32 Å². The highest BCUT2D eigenvalue weighted by molar-refractivity contribution is 5.60. The lowest BCUT2D eigenvalue weighted by atomic mass is 9.84. The normalized spacial score (nSPS) is 29.2. The third kappa shape index (κ3) is 2.28. The van der Waals surface area contributed by atoms with Gasteiger partial charge in [0.15, 0.2) is 0 Å². The van der Waals surface area contributed by atoms with E-state index in [1.807, 2.05) is 0 Å². The van der Waals surface area contributed by atoms with Gasteiger partial charge in [-0.2, -0.15) is 0 Å². The van der Waals surface area contributed by atoms with Gasteiger partial charge < -0.3 is 10.2 Å². The van der Waals surface area contributed by atoms with E-state index in [2.05, 4.69) is 15.2 Å². The van der Waals surface area contributed by atoms with E-state index >= 15 is 0 Å². The van der Waals surface area contributed by atoms with Crippen LogP contribution in [0.25, 0.3) is 0 Å². The van der Waals surface area contributed by atoms with Crippen molar-refractivity contribution in [1.29, 1.82) is 0 Å². The fourth-order valence-corrected chi connectivity index (χ4v) is 3.19. The second-order valence-electron chi connectivity index (χ2n) is 5.47. The number of aryl methyl sites for hydroxylation is 1. The molecule has 6 nitrogen and oxygen atoms in total. The van der Waals surface area contributed by atoms with Gasteiger partial charge in [0.1, 0.15) is 0 Å². The summed E-state index contributed by atoms with van der Waals surface area (Å²) in [5, 5.41) is 14.5. The van der Waals surface area contributed by atoms with Crippen LogP contribution in [0.3, 0.4) is 0 Å². The van der Waals surface area contributed by atoms with Crippen molar-refractivity contribution in [2.75, 3.05) is 25.0 Å². The minimum Gasteiger partial charge on any atom is -0.360 e. The Morgan fingerprint density at radius 1 is 1.47 bits per heavy atom. The number of hydrogen-bond acceptors (Lipinski definition) is 5. The number of nitrogens with one attached hydrogen (secondary N) is 1. The van der Waals surface area contributed by atoms with Crippen LogP contribution in [0.4, 0.5) is 11.5 Å². The zero-order valence-electron chi connectivity index (χ0n) is 11.0. The first kappa shape index (κ1) is 12.3. The molecule has 1 aromatic heterocycles. The number of piperidine rings is 3. The molecule has 3 fully saturated rings. The van der Waals surface area contributed by atoms with Gasteiger partial charge in [-0.3, -0.25) is 10.1 Å². The minimum atomic E-state index is -0.341. The first-order chi connectivity index (χ1) is 9.15. The number of nitrogens with zero attached hydrogens (tertiary/aromatic N) is 3. The molecule has 4 heterocycles. The van der Waals surface area contributed by atoms with Crippen molar-refractivity contribution < 1.29 is 4.92 Å². The third-order valence-electron chi connectivity index (χ3n) is 4.29. The van der Waals surface area contributed by atoms with E-state index in [-0.39, 0.29) is 16.7 Å². The zero-order chi connectivity index (χ0) is 13.4. The van der Waals surface area contributed by atoms with Crippen molar-refractivity contribution in [1.82, 2.24) is 9.88 Å². The van der Waals surface area contributed by atoms with Crippen LogP contribution in [0.1, 0.15) is 18.4 Å².